The van der Waals surface area contributed by atoms with Crippen molar-refractivity contribution in [3.63, 3.8) is 0 Å². The summed E-state index contributed by atoms with van der Waals surface area (Å²) in [5.41, 5.74) is 0.871. The number of ether oxygens (including phenoxy) is 1. The van der Waals surface area contributed by atoms with Crippen LogP contribution in [0.4, 0.5) is 0 Å². The lowest BCUT2D eigenvalue weighted by atomic mass is 9.98. The zero-order chi connectivity index (χ0) is 22.3. The summed E-state index contributed by atoms with van der Waals surface area (Å²) in [5, 5.41) is 8.04. The van der Waals surface area contributed by atoms with Crippen molar-refractivity contribution in [2.24, 2.45) is 5.92 Å². The molecule has 8 nitrogen and oxygen atoms in total. The fourth-order valence-electron chi connectivity index (χ4n) is 3.21. The minimum absolute atomic E-state index is 0.0823. The summed E-state index contributed by atoms with van der Waals surface area (Å²) >= 11 is 0. The number of nitrogens with one attached hydrogen (secondary N) is 3. The van der Waals surface area contributed by atoms with Crippen LogP contribution in [0.3, 0.4) is 0 Å². The maximum Gasteiger partial charge on any atom is 0.329 e. The molecule has 0 aromatic heterocycles. The molecule has 0 radical (unpaired) electrons. The van der Waals surface area contributed by atoms with E-state index in [-0.39, 0.29) is 18.8 Å². The van der Waals surface area contributed by atoms with Crippen LogP contribution in [0.15, 0.2) is 30.3 Å². The monoisotopic (exact) mass is 417 g/mol. The van der Waals surface area contributed by atoms with Crippen LogP contribution < -0.4 is 16.0 Å². The SMILES string of the molecule is CC[C@H](C)[C@H]1NC(=O)[C@@H](C)NC(=O)[C@@H](Cc2ccccc2)NC(=O)C[C@@H](C)OC1=O. The van der Waals surface area contributed by atoms with Crippen LogP contribution >= 0.6 is 0 Å². The van der Waals surface area contributed by atoms with Gasteiger partial charge in [0.15, 0.2) is 0 Å². The van der Waals surface area contributed by atoms with Gasteiger partial charge in [0.2, 0.25) is 17.7 Å². The highest BCUT2D eigenvalue weighted by Crippen LogP contribution is 2.13. The standard InChI is InChI=1S/C22H31N3O5/c1-5-13(2)19-22(29)30-14(3)11-18(26)24-17(12-16-9-7-6-8-10-16)21(28)23-15(4)20(27)25-19/h6-10,13-15,17,19H,5,11-12H2,1-4H3,(H,23,28)(H,24,26)(H,25,27)/t13-,14+,15+,17+,19+/m0/s1. The Kier molecular flexibility index (Phi) is 8.38. The van der Waals surface area contributed by atoms with E-state index in [1.54, 1.807) is 6.92 Å². The van der Waals surface area contributed by atoms with Crippen molar-refractivity contribution < 1.29 is 23.9 Å². The van der Waals surface area contributed by atoms with Gasteiger partial charge in [-0.15, -0.1) is 0 Å². The molecule has 0 aliphatic carbocycles. The summed E-state index contributed by atoms with van der Waals surface area (Å²) < 4.78 is 5.41. The van der Waals surface area contributed by atoms with Crippen molar-refractivity contribution in [2.75, 3.05) is 0 Å². The minimum atomic E-state index is -0.884. The summed E-state index contributed by atoms with van der Waals surface area (Å²) in [6.45, 7) is 6.89. The lowest BCUT2D eigenvalue weighted by Gasteiger charge is -2.25. The maximum absolute atomic E-state index is 12.8. The van der Waals surface area contributed by atoms with Gasteiger partial charge in [0.25, 0.3) is 0 Å². The van der Waals surface area contributed by atoms with Gasteiger partial charge in [-0.05, 0) is 25.3 Å². The molecule has 8 heteroatoms. The molecule has 0 bridgehead atoms. The van der Waals surface area contributed by atoms with E-state index in [9.17, 15) is 19.2 Å². The van der Waals surface area contributed by atoms with Crippen LogP contribution in [0.5, 0.6) is 0 Å². The van der Waals surface area contributed by atoms with Gasteiger partial charge >= 0.3 is 5.97 Å². The van der Waals surface area contributed by atoms with Crippen molar-refractivity contribution >= 4 is 23.7 Å². The molecular formula is C22H31N3O5. The maximum atomic E-state index is 12.8. The number of benzene rings is 1. The van der Waals surface area contributed by atoms with Crippen LogP contribution in [0.2, 0.25) is 0 Å². The topological polar surface area (TPSA) is 114 Å². The highest BCUT2D eigenvalue weighted by atomic mass is 16.5. The molecule has 1 heterocycles. The molecule has 0 spiro atoms. The van der Waals surface area contributed by atoms with E-state index in [1.807, 2.05) is 44.2 Å². The smallest absolute Gasteiger partial charge is 0.329 e. The van der Waals surface area contributed by atoms with E-state index in [2.05, 4.69) is 16.0 Å². The number of esters is 1. The molecule has 0 unspecified atom stereocenters. The Morgan fingerprint density at radius 1 is 1.00 bits per heavy atom. The van der Waals surface area contributed by atoms with Crippen molar-refractivity contribution in [3.8, 4) is 0 Å². The van der Waals surface area contributed by atoms with Crippen LogP contribution in [-0.2, 0) is 30.3 Å². The van der Waals surface area contributed by atoms with Gasteiger partial charge in [0, 0.05) is 6.42 Å². The van der Waals surface area contributed by atoms with Crippen LogP contribution in [0.1, 0.15) is 46.1 Å². The third-order valence-electron chi connectivity index (χ3n) is 5.24. The van der Waals surface area contributed by atoms with Gasteiger partial charge < -0.3 is 20.7 Å². The summed E-state index contributed by atoms with van der Waals surface area (Å²) in [6.07, 6.45) is 0.145. The number of hydrogen-bond donors (Lipinski definition) is 3. The molecule has 3 amide bonds. The third kappa shape index (κ3) is 6.57. The predicted octanol–water partition coefficient (Wildman–Crippen LogP) is 1.08. The Bertz CT molecular complexity index is 767. The zero-order valence-electron chi connectivity index (χ0n) is 17.9. The molecular weight excluding hydrogens is 386 g/mol. The second kappa shape index (κ2) is 10.8. The molecule has 2 rings (SSSR count). The fraction of sp³-hybridized carbons (Fsp3) is 0.545. The van der Waals surface area contributed by atoms with Gasteiger partial charge in [0.05, 0.1) is 6.42 Å². The van der Waals surface area contributed by atoms with Gasteiger partial charge in [-0.1, -0.05) is 50.6 Å². The molecule has 164 valence electrons. The van der Waals surface area contributed by atoms with E-state index in [0.717, 1.165) is 5.56 Å². The average molecular weight is 418 g/mol. The summed E-state index contributed by atoms with van der Waals surface area (Å²) in [5.74, 6) is -2.10. The molecule has 0 saturated carbocycles. The number of hydrogen-bond acceptors (Lipinski definition) is 5. The molecule has 1 saturated heterocycles. The average Bonchev–Trinajstić information content (AvgIpc) is 2.70. The molecule has 5 atom stereocenters. The highest BCUT2D eigenvalue weighted by Gasteiger charge is 2.33. The Labute approximate surface area is 177 Å². The second-order valence-corrected chi connectivity index (χ2v) is 7.86. The van der Waals surface area contributed by atoms with E-state index in [1.165, 1.54) is 6.92 Å². The molecule has 1 fully saturated rings. The van der Waals surface area contributed by atoms with Gasteiger partial charge in [0.1, 0.15) is 24.2 Å². The molecule has 1 aliphatic rings. The fourth-order valence-corrected chi connectivity index (χ4v) is 3.21. The minimum Gasteiger partial charge on any atom is -0.461 e. The summed E-state index contributed by atoms with van der Waals surface area (Å²) in [4.78, 5) is 50.6. The number of rotatable bonds is 4. The molecule has 1 aromatic rings. The highest BCUT2D eigenvalue weighted by molar-refractivity contribution is 5.94. The summed E-state index contributed by atoms with van der Waals surface area (Å²) in [7, 11) is 0. The van der Waals surface area contributed by atoms with E-state index in [4.69, 9.17) is 4.74 Å². The van der Waals surface area contributed by atoms with E-state index in [0.29, 0.717) is 6.42 Å². The normalized spacial score (nSPS) is 27.3. The molecule has 1 aliphatic heterocycles. The second-order valence-electron chi connectivity index (χ2n) is 7.86. The number of carbonyl (C=O) groups is 4. The first-order valence-corrected chi connectivity index (χ1v) is 10.4. The van der Waals surface area contributed by atoms with Gasteiger partial charge in [-0.25, -0.2) is 4.79 Å². The molecule has 30 heavy (non-hydrogen) atoms. The van der Waals surface area contributed by atoms with Crippen molar-refractivity contribution in [2.45, 2.75) is 71.2 Å². The van der Waals surface area contributed by atoms with Gasteiger partial charge in [-0.3, -0.25) is 14.4 Å². The summed E-state index contributed by atoms with van der Waals surface area (Å²) in [6, 6.07) is 6.68. The largest absolute Gasteiger partial charge is 0.461 e. The van der Waals surface area contributed by atoms with Crippen LogP contribution in [0.25, 0.3) is 0 Å². The van der Waals surface area contributed by atoms with Crippen LogP contribution in [-0.4, -0.2) is 47.9 Å². The quantitative estimate of drug-likeness (QED) is 0.635. The van der Waals surface area contributed by atoms with Crippen molar-refractivity contribution in [1.82, 2.24) is 16.0 Å². The first-order chi connectivity index (χ1) is 14.2. The Hall–Kier alpha value is -2.90. The lowest BCUT2D eigenvalue weighted by Crippen LogP contribution is -2.55. The Balaban J connectivity index is 2.27. The first kappa shape index (κ1) is 23.4. The Morgan fingerprint density at radius 2 is 1.67 bits per heavy atom. The predicted molar refractivity (Wildman–Crippen MR) is 111 cm³/mol. The Morgan fingerprint density at radius 3 is 2.30 bits per heavy atom. The molecule has 1 aromatic carbocycles. The zero-order valence-corrected chi connectivity index (χ0v) is 17.9. The lowest BCUT2D eigenvalue weighted by molar-refractivity contribution is -0.154. The van der Waals surface area contributed by atoms with E-state index >= 15 is 0 Å². The van der Waals surface area contributed by atoms with Gasteiger partial charge in [-0.2, -0.15) is 0 Å². The van der Waals surface area contributed by atoms with Crippen LogP contribution in [0, 0.1) is 5.92 Å². The first-order valence-electron chi connectivity index (χ1n) is 10.4. The van der Waals surface area contributed by atoms with E-state index < -0.39 is 47.9 Å². The molecule has 3 N–H and O–H groups in total. The van der Waals surface area contributed by atoms with Crippen molar-refractivity contribution in [3.05, 3.63) is 35.9 Å². The van der Waals surface area contributed by atoms with Crippen molar-refractivity contribution in [1.29, 1.82) is 0 Å². The number of cyclic esters (lactones) is 1. The third-order valence-corrected chi connectivity index (χ3v) is 5.24. The number of carbonyl (C=O) groups excluding carboxylic acids is 4. The number of amides is 3.